The molecule has 0 spiro atoms. The van der Waals surface area contributed by atoms with Crippen molar-refractivity contribution < 1.29 is 19.1 Å². The van der Waals surface area contributed by atoms with E-state index in [0.717, 1.165) is 16.5 Å². The second-order valence-electron chi connectivity index (χ2n) is 7.13. The predicted molar refractivity (Wildman–Crippen MR) is 111 cm³/mol. The molecular weight excluding hydrogens is 370 g/mol. The van der Waals surface area contributed by atoms with Gasteiger partial charge in [0.05, 0.1) is 12.6 Å². The molecule has 0 unspecified atom stereocenters. The van der Waals surface area contributed by atoms with Crippen molar-refractivity contribution in [1.82, 2.24) is 5.32 Å². The van der Waals surface area contributed by atoms with Crippen LogP contribution in [0.15, 0.2) is 51.7 Å². The molecule has 2 aromatic carbocycles. The number of amides is 1. The van der Waals surface area contributed by atoms with Gasteiger partial charge < -0.3 is 19.6 Å². The van der Waals surface area contributed by atoms with Crippen LogP contribution >= 0.6 is 0 Å². The van der Waals surface area contributed by atoms with E-state index in [0.29, 0.717) is 28.9 Å². The van der Waals surface area contributed by atoms with Crippen LogP contribution in [0.3, 0.4) is 0 Å². The lowest BCUT2D eigenvalue weighted by Crippen LogP contribution is -2.41. The van der Waals surface area contributed by atoms with Gasteiger partial charge in [-0.1, -0.05) is 30.3 Å². The highest BCUT2D eigenvalue weighted by Crippen LogP contribution is 2.29. The minimum Gasteiger partial charge on any atom is -0.483 e. The molecule has 0 aliphatic heterocycles. The molecule has 6 heteroatoms. The standard InChI is InChI=1S/C23H25NO5/c1-14-15(2)23(27)29-22-16(3)20(10-9-19(14)22)28-13-21(26)24-18(12-25)11-17-7-5-4-6-8-17/h4-10,18,25H,11-13H2,1-3H3,(H,24,26)/t18-/m1/s1. The van der Waals surface area contributed by atoms with Crippen molar-refractivity contribution in [3.63, 3.8) is 0 Å². The molecule has 1 amide bonds. The molecule has 0 saturated carbocycles. The van der Waals surface area contributed by atoms with Gasteiger partial charge in [-0.3, -0.25) is 4.79 Å². The summed E-state index contributed by atoms with van der Waals surface area (Å²) in [4.78, 5) is 24.3. The van der Waals surface area contributed by atoms with Crippen molar-refractivity contribution in [3.05, 3.63) is 75.1 Å². The Morgan fingerprint density at radius 1 is 1.07 bits per heavy atom. The highest BCUT2D eigenvalue weighted by atomic mass is 16.5. The molecule has 0 bridgehead atoms. The van der Waals surface area contributed by atoms with E-state index in [-0.39, 0.29) is 24.7 Å². The zero-order valence-corrected chi connectivity index (χ0v) is 16.8. The molecule has 6 nitrogen and oxygen atoms in total. The van der Waals surface area contributed by atoms with Crippen molar-refractivity contribution in [2.75, 3.05) is 13.2 Å². The summed E-state index contributed by atoms with van der Waals surface area (Å²) in [7, 11) is 0. The summed E-state index contributed by atoms with van der Waals surface area (Å²) in [5.74, 6) is 0.142. The summed E-state index contributed by atoms with van der Waals surface area (Å²) in [6.45, 7) is 5.03. The molecule has 152 valence electrons. The number of hydrogen-bond donors (Lipinski definition) is 2. The van der Waals surface area contributed by atoms with Crippen LogP contribution in [0.2, 0.25) is 0 Å². The first-order valence-electron chi connectivity index (χ1n) is 9.51. The largest absolute Gasteiger partial charge is 0.483 e. The summed E-state index contributed by atoms with van der Waals surface area (Å²) in [6, 6.07) is 12.8. The third-order valence-electron chi connectivity index (χ3n) is 5.09. The number of aryl methyl sites for hydroxylation is 2. The third-order valence-corrected chi connectivity index (χ3v) is 5.09. The zero-order valence-electron chi connectivity index (χ0n) is 16.8. The summed E-state index contributed by atoms with van der Waals surface area (Å²) in [6.07, 6.45) is 0.530. The first-order chi connectivity index (χ1) is 13.9. The monoisotopic (exact) mass is 395 g/mol. The molecule has 0 radical (unpaired) electrons. The van der Waals surface area contributed by atoms with Gasteiger partial charge in [-0.2, -0.15) is 0 Å². The lowest BCUT2D eigenvalue weighted by molar-refractivity contribution is -0.124. The Balaban J connectivity index is 1.68. The number of carbonyl (C=O) groups is 1. The highest BCUT2D eigenvalue weighted by Gasteiger charge is 2.15. The van der Waals surface area contributed by atoms with Crippen LogP contribution in [0.5, 0.6) is 5.75 Å². The fourth-order valence-corrected chi connectivity index (χ4v) is 3.25. The highest BCUT2D eigenvalue weighted by molar-refractivity contribution is 5.85. The summed E-state index contributed by atoms with van der Waals surface area (Å²) in [5, 5.41) is 13.2. The first kappa shape index (κ1) is 20.6. The van der Waals surface area contributed by atoms with E-state index in [2.05, 4.69) is 5.32 Å². The van der Waals surface area contributed by atoms with E-state index in [4.69, 9.17) is 9.15 Å². The fraction of sp³-hybridized carbons (Fsp3) is 0.304. The van der Waals surface area contributed by atoms with Gasteiger partial charge in [0.2, 0.25) is 0 Å². The average Bonchev–Trinajstić information content (AvgIpc) is 2.72. The van der Waals surface area contributed by atoms with Crippen LogP contribution in [0.4, 0.5) is 0 Å². The van der Waals surface area contributed by atoms with Crippen LogP contribution in [-0.4, -0.2) is 30.3 Å². The number of benzene rings is 2. The molecule has 2 N–H and O–H groups in total. The van der Waals surface area contributed by atoms with E-state index in [9.17, 15) is 14.7 Å². The number of aliphatic hydroxyl groups is 1. The van der Waals surface area contributed by atoms with Gasteiger partial charge in [-0.15, -0.1) is 0 Å². The lowest BCUT2D eigenvalue weighted by Gasteiger charge is -2.17. The molecular formula is C23H25NO5. The molecule has 0 aliphatic rings. The van der Waals surface area contributed by atoms with E-state index in [1.165, 1.54) is 0 Å². The number of aliphatic hydroxyl groups excluding tert-OH is 1. The number of ether oxygens (including phenoxy) is 1. The van der Waals surface area contributed by atoms with E-state index < -0.39 is 6.04 Å². The topological polar surface area (TPSA) is 88.8 Å². The molecule has 0 fully saturated rings. The molecule has 1 atom stereocenters. The molecule has 1 heterocycles. The zero-order chi connectivity index (χ0) is 21.0. The van der Waals surface area contributed by atoms with Crippen molar-refractivity contribution >= 4 is 16.9 Å². The Morgan fingerprint density at radius 2 is 1.79 bits per heavy atom. The Bertz CT molecular complexity index is 1070. The lowest BCUT2D eigenvalue weighted by atomic mass is 10.0. The van der Waals surface area contributed by atoms with Crippen LogP contribution < -0.4 is 15.7 Å². The fourth-order valence-electron chi connectivity index (χ4n) is 3.25. The van der Waals surface area contributed by atoms with Gasteiger partial charge in [0.25, 0.3) is 5.91 Å². The second-order valence-corrected chi connectivity index (χ2v) is 7.13. The summed E-state index contributed by atoms with van der Waals surface area (Å²) >= 11 is 0. The third kappa shape index (κ3) is 4.66. The molecule has 29 heavy (non-hydrogen) atoms. The van der Waals surface area contributed by atoms with Crippen molar-refractivity contribution in [2.24, 2.45) is 0 Å². The van der Waals surface area contributed by atoms with Crippen molar-refractivity contribution in [1.29, 1.82) is 0 Å². The van der Waals surface area contributed by atoms with Gasteiger partial charge >= 0.3 is 5.63 Å². The van der Waals surface area contributed by atoms with Crippen molar-refractivity contribution in [2.45, 2.75) is 33.2 Å². The first-order valence-corrected chi connectivity index (χ1v) is 9.51. The van der Waals surface area contributed by atoms with E-state index in [1.807, 2.05) is 43.3 Å². The van der Waals surface area contributed by atoms with Crippen LogP contribution in [-0.2, 0) is 11.2 Å². The van der Waals surface area contributed by atoms with Gasteiger partial charge in [0.1, 0.15) is 11.3 Å². The normalized spacial score (nSPS) is 12.0. The number of rotatable bonds is 7. The van der Waals surface area contributed by atoms with Gasteiger partial charge in [-0.05, 0) is 50.5 Å². The molecule has 0 aliphatic carbocycles. The quantitative estimate of drug-likeness (QED) is 0.601. The predicted octanol–water partition coefficient (Wildman–Crippen LogP) is 2.82. The van der Waals surface area contributed by atoms with Gasteiger partial charge in [0, 0.05) is 16.5 Å². The number of nitrogens with one attached hydrogen (secondary N) is 1. The Kier molecular flexibility index (Phi) is 6.34. The second kappa shape index (κ2) is 8.92. The molecule has 3 aromatic rings. The summed E-state index contributed by atoms with van der Waals surface area (Å²) in [5.41, 5.74) is 3.24. The Morgan fingerprint density at radius 3 is 2.48 bits per heavy atom. The average molecular weight is 395 g/mol. The van der Waals surface area contributed by atoms with Crippen molar-refractivity contribution in [3.8, 4) is 5.75 Å². The Hall–Kier alpha value is -3.12. The van der Waals surface area contributed by atoms with Gasteiger partial charge in [0.15, 0.2) is 6.61 Å². The number of fused-ring (bicyclic) bond motifs is 1. The van der Waals surface area contributed by atoms with Crippen LogP contribution in [0, 0.1) is 20.8 Å². The maximum atomic E-state index is 12.3. The molecule has 0 saturated heterocycles. The minimum absolute atomic E-state index is 0.167. The molecule has 3 rings (SSSR count). The smallest absolute Gasteiger partial charge is 0.339 e. The maximum Gasteiger partial charge on any atom is 0.339 e. The van der Waals surface area contributed by atoms with E-state index >= 15 is 0 Å². The van der Waals surface area contributed by atoms with Crippen LogP contribution in [0.1, 0.15) is 22.3 Å². The number of carbonyl (C=O) groups excluding carboxylic acids is 1. The molecule has 1 aromatic heterocycles. The Labute approximate surface area is 169 Å². The number of hydrogen-bond acceptors (Lipinski definition) is 5. The van der Waals surface area contributed by atoms with Gasteiger partial charge in [-0.25, -0.2) is 4.79 Å². The summed E-state index contributed by atoms with van der Waals surface area (Å²) < 4.78 is 11.1. The van der Waals surface area contributed by atoms with Crippen LogP contribution in [0.25, 0.3) is 11.0 Å². The maximum absolute atomic E-state index is 12.3. The van der Waals surface area contributed by atoms with E-state index in [1.54, 1.807) is 19.9 Å². The SMILES string of the molecule is Cc1c(C)c2ccc(OCC(=O)N[C@@H](CO)Cc3ccccc3)c(C)c2oc1=O. The minimum atomic E-state index is -0.394.